The predicted molar refractivity (Wildman–Crippen MR) is 93.4 cm³/mol. The van der Waals surface area contributed by atoms with Gasteiger partial charge in [0, 0.05) is 24.5 Å². The number of halogens is 1. The molecule has 1 aromatic carbocycles. The maximum Gasteiger partial charge on any atom is 0.241 e. The topological polar surface area (TPSA) is 64.4 Å². The van der Waals surface area contributed by atoms with E-state index in [4.69, 9.17) is 10.5 Å². The van der Waals surface area contributed by atoms with Crippen LogP contribution >= 0.6 is 12.4 Å². The molecular formula is C18H27ClN2O2. The zero-order valence-electron chi connectivity index (χ0n) is 14.1. The van der Waals surface area contributed by atoms with Crippen LogP contribution in [0.25, 0.3) is 0 Å². The second kappa shape index (κ2) is 6.42. The quantitative estimate of drug-likeness (QED) is 0.890. The van der Waals surface area contributed by atoms with Gasteiger partial charge in [-0.15, -0.1) is 12.4 Å². The van der Waals surface area contributed by atoms with E-state index in [1.165, 1.54) is 5.56 Å². The molecule has 3 unspecified atom stereocenters. The lowest BCUT2D eigenvalue weighted by Gasteiger charge is -2.65. The molecule has 1 saturated heterocycles. The number of ether oxygens (including phenoxy) is 1. The fraction of sp³-hybridized carbons (Fsp3) is 0.611. The normalized spacial score (nSPS) is 31.3. The van der Waals surface area contributed by atoms with Gasteiger partial charge in [0.05, 0.1) is 6.10 Å². The van der Waals surface area contributed by atoms with Gasteiger partial charge in [-0.25, -0.2) is 0 Å². The van der Waals surface area contributed by atoms with Gasteiger partial charge in [0.25, 0.3) is 0 Å². The van der Waals surface area contributed by atoms with E-state index in [1.807, 2.05) is 32.0 Å². The Hall–Kier alpha value is -1.10. The molecule has 2 aliphatic rings. The number of nitrogens with one attached hydrogen (secondary N) is 1. The van der Waals surface area contributed by atoms with Crippen LogP contribution in [0.5, 0.6) is 0 Å². The summed E-state index contributed by atoms with van der Waals surface area (Å²) in [6.45, 7) is 7.46. The van der Waals surface area contributed by atoms with Crippen molar-refractivity contribution in [3.05, 3.63) is 35.4 Å². The molecule has 5 heteroatoms. The van der Waals surface area contributed by atoms with Crippen molar-refractivity contribution in [3.8, 4) is 0 Å². The minimum Gasteiger partial charge on any atom is -0.377 e. The van der Waals surface area contributed by atoms with Gasteiger partial charge >= 0.3 is 0 Å². The number of fused-ring (bicyclic) bond motifs is 1. The average Bonchev–Trinajstić information content (AvgIpc) is 2.53. The number of aryl methyl sites for hydroxylation is 1. The first-order valence-electron chi connectivity index (χ1n) is 8.12. The highest BCUT2D eigenvalue weighted by Crippen LogP contribution is 2.57. The van der Waals surface area contributed by atoms with Crippen LogP contribution in [0.3, 0.4) is 0 Å². The van der Waals surface area contributed by atoms with Gasteiger partial charge in [-0.05, 0) is 30.9 Å². The van der Waals surface area contributed by atoms with Crippen LogP contribution in [0.1, 0.15) is 37.8 Å². The van der Waals surface area contributed by atoms with E-state index in [-0.39, 0.29) is 35.8 Å². The number of amides is 1. The zero-order chi connectivity index (χ0) is 16.0. The third-order valence-electron chi connectivity index (χ3n) is 5.76. The van der Waals surface area contributed by atoms with Gasteiger partial charge < -0.3 is 15.8 Å². The van der Waals surface area contributed by atoms with Crippen LogP contribution in [-0.2, 0) is 16.1 Å². The summed E-state index contributed by atoms with van der Waals surface area (Å²) in [5.74, 6) is 0.0839. The highest BCUT2D eigenvalue weighted by Gasteiger charge is 2.70. The lowest BCUT2D eigenvalue weighted by molar-refractivity contribution is -0.225. The van der Waals surface area contributed by atoms with Crippen LogP contribution < -0.4 is 11.1 Å². The maximum absolute atomic E-state index is 12.8. The van der Waals surface area contributed by atoms with Crippen LogP contribution in [0, 0.1) is 18.3 Å². The highest BCUT2D eigenvalue weighted by atomic mass is 35.5. The summed E-state index contributed by atoms with van der Waals surface area (Å²) in [6.07, 6.45) is 2.07. The number of carbonyl (C=O) groups is 1. The smallest absolute Gasteiger partial charge is 0.241 e. The Labute approximate surface area is 144 Å². The van der Waals surface area contributed by atoms with E-state index < -0.39 is 5.54 Å². The molecule has 1 saturated carbocycles. The van der Waals surface area contributed by atoms with Crippen molar-refractivity contribution in [2.24, 2.45) is 17.1 Å². The summed E-state index contributed by atoms with van der Waals surface area (Å²) >= 11 is 0. The first-order valence-corrected chi connectivity index (χ1v) is 8.12. The SMILES string of the molecule is Cc1ccccc1CNC(=O)C1(N)C2CCCOC2C1(C)C.Cl. The number of benzene rings is 1. The van der Waals surface area contributed by atoms with E-state index in [0.29, 0.717) is 6.54 Å². The molecule has 3 rings (SSSR count). The molecule has 3 N–H and O–H groups in total. The first-order chi connectivity index (χ1) is 10.4. The molecule has 0 bridgehead atoms. The molecule has 0 radical (unpaired) electrons. The van der Waals surface area contributed by atoms with Gasteiger partial charge in [0.2, 0.25) is 5.91 Å². The Bertz CT molecular complexity index is 590. The van der Waals surface area contributed by atoms with Crippen molar-refractivity contribution in [1.82, 2.24) is 5.32 Å². The second-order valence-electron chi connectivity index (χ2n) is 7.24. The molecule has 4 nitrogen and oxygen atoms in total. The standard InChI is InChI=1S/C18H26N2O2.ClH/c1-12-7-4-5-8-13(12)11-20-16(21)18(19)14-9-6-10-22-15(14)17(18,2)3;/h4-5,7-8,14-15H,6,9-11,19H2,1-3H3,(H,20,21);1H. The third-order valence-corrected chi connectivity index (χ3v) is 5.76. The van der Waals surface area contributed by atoms with Crippen molar-refractivity contribution >= 4 is 18.3 Å². The molecule has 1 aliphatic carbocycles. The van der Waals surface area contributed by atoms with E-state index in [9.17, 15) is 4.79 Å². The first kappa shape index (κ1) is 18.2. The molecule has 1 aliphatic heterocycles. The summed E-state index contributed by atoms with van der Waals surface area (Å²) in [5.41, 5.74) is 7.74. The van der Waals surface area contributed by atoms with Crippen LogP contribution in [-0.4, -0.2) is 24.2 Å². The third kappa shape index (κ3) is 2.67. The highest BCUT2D eigenvalue weighted by molar-refractivity contribution is 5.89. The van der Waals surface area contributed by atoms with E-state index >= 15 is 0 Å². The molecule has 2 fully saturated rings. The van der Waals surface area contributed by atoms with E-state index in [0.717, 1.165) is 25.0 Å². The lowest BCUT2D eigenvalue weighted by Crippen LogP contribution is -2.82. The van der Waals surface area contributed by atoms with Gasteiger partial charge in [0.15, 0.2) is 0 Å². The minimum absolute atomic E-state index is 0. The Morgan fingerprint density at radius 1 is 1.39 bits per heavy atom. The Kier molecular flexibility index (Phi) is 5.09. The minimum atomic E-state index is -0.833. The van der Waals surface area contributed by atoms with Gasteiger partial charge in [-0.1, -0.05) is 38.1 Å². The number of hydrogen-bond acceptors (Lipinski definition) is 3. The number of nitrogens with two attached hydrogens (primary N) is 1. The molecule has 0 aromatic heterocycles. The number of carbonyl (C=O) groups excluding carboxylic acids is 1. The molecule has 1 amide bonds. The van der Waals surface area contributed by atoms with Crippen LogP contribution in [0.4, 0.5) is 0 Å². The fourth-order valence-corrected chi connectivity index (χ4v) is 4.17. The average molecular weight is 339 g/mol. The second-order valence-corrected chi connectivity index (χ2v) is 7.24. The predicted octanol–water partition coefficient (Wildman–Crippen LogP) is 2.57. The summed E-state index contributed by atoms with van der Waals surface area (Å²) in [7, 11) is 0. The van der Waals surface area contributed by atoms with E-state index in [2.05, 4.69) is 18.3 Å². The van der Waals surface area contributed by atoms with Crippen molar-refractivity contribution < 1.29 is 9.53 Å². The summed E-state index contributed by atoms with van der Waals surface area (Å²) in [5, 5.41) is 3.05. The molecule has 3 atom stereocenters. The van der Waals surface area contributed by atoms with E-state index in [1.54, 1.807) is 0 Å². The Morgan fingerprint density at radius 3 is 2.78 bits per heavy atom. The summed E-state index contributed by atoms with van der Waals surface area (Å²) < 4.78 is 5.86. The molecule has 23 heavy (non-hydrogen) atoms. The number of rotatable bonds is 3. The van der Waals surface area contributed by atoms with Crippen LogP contribution in [0.15, 0.2) is 24.3 Å². The van der Waals surface area contributed by atoms with Crippen molar-refractivity contribution in [2.45, 2.75) is 51.8 Å². The lowest BCUT2D eigenvalue weighted by atomic mass is 9.46. The van der Waals surface area contributed by atoms with Crippen molar-refractivity contribution in [1.29, 1.82) is 0 Å². The fourth-order valence-electron chi connectivity index (χ4n) is 4.17. The van der Waals surface area contributed by atoms with Crippen LogP contribution in [0.2, 0.25) is 0 Å². The number of hydrogen-bond donors (Lipinski definition) is 2. The molecule has 1 heterocycles. The molecule has 128 valence electrons. The van der Waals surface area contributed by atoms with Crippen molar-refractivity contribution in [3.63, 3.8) is 0 Å². The monoisotopic (exact) mass is 338 g/mol. The van der Waals surface area contributed by atoms with Gasteiger partial charge in [0.1, 0.15) is 5.54 Å². The van der Waals surface area contributed by atoms with Gasteiger partial charge in [-0.2, -0.15) is 0 Å². The Morgan fingerprint density at radius 2 is 2.09 bits per heavy atom. The molecule has 0 spiro atoms. The maximum atomic E-state index is 12.8. The van der Waals surface area contributed by atoms with Gasteiger partial charge in [-0.3, -0.25) is 4.79 Å². The summed E-state index contributed by atoms with van der Waals surface area (Å²) in [4.78, 5) is 12.8. The zero-order valence-corrected chi connectivity index (χ0v) is 14.9. The molecular weight excluding hydrogens is 312 g/mol. The summed E-state index contributed by atoms with van der Waals surface area (Å²) in [6, 6.07) is 8.09. The molecule has 1 aromatic rings. The van der Waals surface area contributed by atoms with Crippen molar-refractivity contribution in [2.75, 3.05) is 6.61 Å². The Balaban J connectivity index is 0.00000192. The largest absolute Gasteiger partial charge is 0.377 e.